The molecule has 0 atom stereocenters. The first-order valence-electron chi connectivity index (χ1n) is 8.96. The third-order valence-electron chi connectivity index (χ3n) is 4.62. The first kappa shape index (κ1) is 20.0. The molecule has 2 heterocycles. The van der Waals surface area contributed by atoms with E-state index in [1.165, 1.54) is 12.1 Å². The van der Waals surface area contributed by atoms with Crippen LogP contribution < -0.4 is 10.1 Å². The summed E-state index contributed by atoms with van der Waals surface area (Å²) in [5.74, 6) is -1.20. The Morgan fingerprint density at radius 2 is 2.00 bits per heavy atom. The number of carbonyl (C=O) groups is 1. The maximum absolute atomic E-state index is 13.5. The van der Waals surface area contributed by atoms with E-state index < -0.39 is 24.4 Å². The molecule has 0 radical (unpaired) electrons. The zero-order valence-electron chi connectivity index (χ0n) is 15.5. The van der Waals surface area contributed by atoms with E-state index in [0.717, 1.165) is 12.3 Å². The maximum Gasteiger partial charge on any atom is 0.433 e. The molecule has 30 heavy (non-hydrogen) atoms. The number of nitrogens with one attached hydrogen (secondary N) is 1. The van der Waals surface area contributed by atoms with Crippen LogP contribution in [0.1, 0.15) is 46.1 Å². The zero-order valence-corrected chi connectivity index (χ0v) is 15.5. The van der Waals surface area contributed by atoms with E-state index in [2.05, 4.69) is 20.1 Å². The Kier molecular flexibility index (Phi) is 4.83. The Hall–Kier alpha value is -3.24. The molecule has 1 aliphatic rings. The van der Waals surface area contributed by atoms with Crippen molar-refractivity contribution >= 4 is 17.2 Å². The van der Waals surface area contributed by atoms with Crippen LogP contribution in [0.4, 0.5) is 27.6 Å². The molecule has 1 fully saturated rings. The van der Waals surface area contributed by atoms with Crippen LogP contribution in [0.15, 0.2) is 30.5 Å². The smallest absolute Gasteiger partial charge is 0.433 e. The van der Waals surface area contributed by atoms with Gasteiger partial charge >= 0.3 is 12.8 Å². The second-order valence-electron chi connectivity index (χ2n) is 6.96. The highest BCUT2D eigenvalue weighted by atomic mass is 19.4. The van der Waals surface area contributed by atoms with Gasteiger partial charge in [0.05, 0.1) is 11.9 Å². The predicted molar refractivity (Wildman–Crippen MR) is 95.7 cm³/mol. The number of benzene rings is 1. The molecular formula is C19H15F5N4O2. The van der Waals surface area contributed by atoms with Gasteiger partial charge in [-0.1, -0.05) is 6.07 Å². The number of alkyl halides is 5. The fraction of sp³-hybridized carbons (Fsp3) is 0.316. The van der Waals surface area contributed by atoms with Crippen molar-refractivity contribution in [2.24, 2.45) is 0 Å². The first-order valence-corrected chi connectivity index (χ1v) is 8.96. The molecule has 0 saturated heterocycles. The lowest BCUT2D eigenvalue weighted by Gasteiger charge is -2.13. The Labute approximate surface area is 166 Å². The molecule has 1 aliphatic carbocycles. The number of aromatic nitrogens is 3. The van der Waals surface area contributed by atoms with E-state index >= 15 is 0 Å². The zero-order chi connectivity index (χ0) is 21.6. The van der Waals surface area contributed by atoms with Crippen LogP contribution in [0, 0.1) is 6.92 Å². The van der Waals surface area contributed by atoms with Crippen molar-refractivity contribution in [1.29, 1.82) is 0 Å². The van der Waals surface area contributed by atoms with Crippen molar-refractivity contribution in [3.05, 3.63) is 53.0 Å². The molecule has 11 heteroatoms. The van der Waals surface area contributed by atoms with Gasteiger partial charge in [-0.25, -0.2) is 9.50 Å². The minimum absolute atomic E-state index is 0.0559. The van der Waals surface area contributed by atoms with Gasteiger partial charge in [-0.3, -0.25) is 4.79 Å². The van der Waals surface area contributed by atoms with Gasteiger partial charge in [0.15, 0.2) is 5.65 Å². The Morgan fingerprint density at radius 1 is 1.27 bits per heavy atom. The summed E-state index contributed by atoms with van der Waals surface area (Å²) < 4.78 is 70.7. The molecule has 0 spiro atoms. The Bertz CT molecular complexity index is 1120. The molecule has 1 N–H and O–H groups in total. The molecule has 0 unspecified atom stereocenters. The predicted octanol–water partition coefficient (Wildman–Crippen LogP) is 4.79. The normalized spacial score (nSPS) is 14.4. The van der Waals surface area contributed by atoms with E-state index in [-0.39, 0.29) is 34.3 Å². The largest absolute Gasteiger partial charge is 0.433 e. The molecule has 6 nitrogen and oxygen atoms in total. The van der Waals surface area contributed by atoms with E-state index in [1.807, 2.05) is 0 Å². The molecule has 0 bridgehead atoms. The summed E-state index contributed by atoms with van der Waals surface area (Å²) in [6.07, 6.45) is -2.30. The third-order valence-corrected chi connectivity index (χ3v) is 4.62. The van der Waals surface area contributed by atoms with Crippen LogP contribution in [0.25, 0.3) is 5.65 Å². The third kappa shape index (κ3) is 3.91. The van der Waals surface area contributed by atoms with E-state index in [1.54, 1.807) is 13.0 Å². The number of aryl methyl sites for hydroxylation is 1. The van der Waals surface area contributed by atoms with Crippen molar-refractivity contribution < 1.29 is 31.5 Å². The standard InChI is InChI=1S/C19H15F5N4O2/c1-9-2-5-12(14(6-9)30-18(20)21)27-17(29)11-8-25-28-15(19(22,23)24)7-13(10-3-4-10)26-16(11)28/h2,5-8,10,18H,3-4H2,1H3,(H,27,29). The Morgan fingerprint density at radius 3 is 2.63 bits per heavy atom. The first-order chi connectivity index (χ1) is 14.1. The lowest BCUT2D eigenvalue weighted by Crippen LogP contribution is -2.17. The van der Waals surface area contributed by atoms with E-state index in [0.29, 0.717) is 22.9 Å². The Balaban J connectivity index is 1.74. The molecule has 3 aromatic rings. The molecule has 2 aromatic heterocycles. The number of hydrogen-bond donors (Lipinski definition) is 1. The summed E-state index contributed by atoms with van der Waals surface area (Å²) >= 11 is 0. The van der Waals surface area contributed by atoms with Gasteiger partial charge in [-0.2, -0.15) is 27.1 Å². The average molecular weight is 426 g/mol. The van der Waals surface area contributed by atoms with Gasteiger partial charge in [-0.15, -0.1) is 0 Å². The number of carbonyl (C=O) groups excluding carboxylic acids is 1. The number of hydrogen-bond acceptors (Lipinski definition) is 4. The molecule has 4 rings (SSSR count). The minimum Gasteiger partial charge on any atom is -0.433 e. The van der Waals surface area contributed by atoms with Gasteiger partial charge in [0.1, 0.15) is 17.0 Å². The van der Waals surface area contributed by atoms with Gasteiger partial charge in [0.2, 0.25) is 0 Å². The van der Waals surface area contributed by atoms with Crippen molar-refractivity contribution in [3.8, 4) is 5.75 Å². The highest BCUT2D eigenvalue weighted by Crippen LogP contribution is 2.41. The molecular weight excluding hydrogens is 411 g/mol. The van der Waals surface area contributed by atoms with Crippen LogP contribution in [-0.4, -0.2) is 27.1 Å². The number of anilines is 1. The monoisotopic (exact) mass is 426 g/mol. The number of halogens is 5. The number of ether oxygens (including phenoxy) is 1. The summed E-state index contributed by atoms with van der Waals surface area (Å²) in [6.45, 7) is -1.46. The number of rotatable bonds is 5. The highest BCUT2D eigenvalue weighted by molar-refractivity contribution is 6.08. The fourth-order valence-corrected chi connectivity index (χ4v) is 3.05. The van der Waals surface area contributed by atoms with E-state index in [4.69, 9.17) is 0 Å². The number of amides is 1. The van der Waals surface area contributed by atoms with Crippen LogP contribution in [0.3, 0.4) is 0 Å². The summed E-state index contributed by atoms with van der Waals surface area (Å²) in [7, 11) is 0. The summed E-state index contributed by atoms with van der Waals surface area (Å²) in [4.78, 5) is 16.9. The second kappa shape index (κ2) is 7.22. The quantitative estimate of drug-likeness (QED) is 0.596. The molecule has 1 saturated carbocycles. The summed E-state index contributed by atoms with van der Waals surface area (Å²) in [5.41, 5.74) is -0.712. The molecule has 1 amide bonds. The SMILES string of the molecule is Cc1ccc(NC(=O)c2cnn3c(C(F)(F)F)cc(C4CC4)nc23)c(OC(F)F)c1. The van der Waals surface area contributed by atoms with Crippen LogP contribution in [0.5, 0.6) is 5.75 Å². The summed E-state index contributed by atoms with van der Waals surface area (Å²) in [5, 5.41) is 6.06. The van der Waals surface area contributed by atoms with Crippen molar-refractivity contribution in [2.45, 2.75) is 38.5 Å². The molecule has 1 aromatic carbocycles. The van der Waals surface area contributed by atoms with Gasteiger partial charge in [0.25, 0.3) is 5.91 Å². The highest BCUT2D eigenvalue weighted by Gasteiger charge is 2.38. The van der Waals surface area contributed by atoms with Gasteiger partial charge < -0.3 is 10.1 Å². The average Bonchev–Trinajstić information content (AvgIpc) is 3.41. The van der Waals surface area contributed by atoms with Crippen molar-refractivity contribution in [2.75, 3.05) is 5.32 Å². The van der Waals surface area contributed by atoms with Crippen molar-refractivity contribution in [3.63, 3.8) is 0 Å². The lowest BCUT2D eigenvalue weighted by atomic mass is 10.2. The van der Waals surface area contributed by atoms with E-state index in [9.17, 15) is 26.7 Å². The maximum atomic E-state index is 13.5. The molecule has 0 aliphatic heterocycles. The lowest BCUT2D eigenvalue weighted by molar-refractivity contribution is -0.142. The molecule has 158 valence electrons. The fourth-order valence-electron chi connectivity index (χ4n) is 3.05. The van der Waals surface area contributed by atoms with Crippen LogP contribution in [-0.2, 0) is 6.18 Å². The summed E-state index contributed by atoms with van der Waals surface area (Å²) in [6, 6.07) is 5.17. The van der Waals surface area contributed by atoms with Crippen LogP contribution in [0.2, 0.25) is 0 Å². The number of fused-ring (bicyclic) bond motifs is 1. The van der Waals surface area contributed by atoms with Crippen LogP contribution >= 0.6 is 0 Å². The van der Waals surface area contributed by atoms with Gasteiger partial charge in [-0.05, 0) is 43.5 Å². The second-order valence-corrected chi connectivity index (χ2v) is 6.96. The topological polar surface area (TPSA) is 68.5 Å². The number of nitrogens with zero attached hydrogens (tertiary/aromatic N) is 3. The van der Waals surface area contributed by atoms with Crippen molar-refractivity contribution in [1.82, 2.24) is 14.6 Å². The minimum atomic E-state index is -4.69. The van der Waals surface area contributed by atoms with Gasteiger partial charge in [0, 0.05) is 11.6 Å².